The van der Waals surface area contributed by atoms with Crippen LogP contribution < -0.4 is 20.7 Å². The molecule has 0 bridgehead atoms. The molecule has 0 aliphatic carbocycles. The summed E-state index contributed by atoms with van der Waals surface area (Å²) < 4.78 is 5.13. The van der Waals surface area contributed by atoms with Gasteiger partial charge in [0.1, 0.15) is 5.75 Å². The number of methoxy groups -OCH3 is 1. The van der Waals surface area contributed by atoms with Crippen LogP contribution in [-0.4, -0.2) is 36.8 Å². The van der Waals surface area contributed by atoms with Gasteiger partial charge in [0.05, 0.1) is 25.4 Å². The van der Waals surface area contributed by atoms with Crippen LogP contribution in [0.15, 0.2) is 18.2 Å². The van der Waals surface area contributed by atoms with Gasteiger partial charge in [0, 0.05) is 12.6 Å². The first kappa shape index (κ1) is 15.8. The van der Waals surface area contributed by atoms with Crippen LogP contribution in [0.5, 0.6) is 5.75 Å². The third-order valence-electron chi connectivity index (χ3n) is 2.42. The standard InChI is InChI=1S/C13H19N3O4/c1-8(7-17)14-13(19)16-11-6-10(15-9(2)18)4-5-12(11)20-3/h4-6,8,17H,7H2,1-3H3,(H,15,18)(H2,14,16,19). The predicted octanol–water partition coefficient (Wildman–Crippen LogP) is 1.16. The second-order valence-electron chi connectivity index (χ2n) is 4.28. The first-order valence-corrected chi connectivity index (χ1v) is 6.10. The van der Waals surface area contributed by atoms with E-state index < -0.39 is 6.03 Å². The van der Waals surface area contributed by atoms with Gasteiger partial charge in [0.15, 0.2) is 0 Å². The highest BCUT2D eigenvalue weighted by Crippen LogP contribution is 2.27. The van der Waals surface area contributed by atoms with Crippen molar-refractivity contribution in [1.29, 1.82) is 0 Å². The number of ether oxygens (including phenoxy) is 1. The lowest BCUT2D eigenvalue weighted by Crippen LogP contribution is -2.38. The fourth-order valence-electron chi connectivity index (χ4n) is 1.51. The van der Waals surface area contributed by atoms with Crippen LogP contribution in [-0.2, 0) is 4.79 Å². The number of carbonyl (C=O) groups is 2. The maximum absolute atomic E-state index is 11.7. The Balaban J connectivity index is 2.85. The topological polar surface area (TPSA) is 99.7 Å². The van der Waals surface area contributed by atoms with Crippen LogP contribution in [0, 0.1) is 0 Å². The van der Waals surface area contributed by atoms with E-state index in [1.165, 1.54) is 14.0 Å². The molecule has 7 nitrogen and oxygen atoms in total. The Kier molecular flexibility index (Phi) is 5.79. The van der Waals surface area contributed by atoms with Crippen molar-refractivity contribution < 1.29 is 19.4 Å². The Labute approximate surface area is 117 Å². The van der Waals surface area contributed by atoms with Crippen molar-refractivity contribution in [2.45, 2.75) is 19.9 Å². The zero-order chi connectivity index (χ0) is 15.1. The number of benzene rings is 1. The van der Waals surface area contributed by atoms with Crippen LogP contribution >= 0.6 is 0 Å². The first-order valence-electron chi connectivity index (χ1n) is 6.10. The van der Waals surface area contributed by atoms with Gasteiger partial charge in [-0.15, -0.1) is 0 Å². The van der Waals surface area contributed by atoms with E-state index in [9.17, 15) is 9.59 Å². The number of nitrogens with one attached hydrogen (secondary N) is 3. The molecule has 1 aromatic carbocycles. The van der Waals surface area contributed by atoms with Crippen molar-refractivity contribution in [3.05, 3.63) is 18.2 Å². The molecule has 0 saturated carbocycles. The number of hydrogen-bond donors (Lipinski definition) is 4. The van der Waals surface area contributed by atoms with E-state index in [1.807, 2.05) is 0 Å². The molecule has 0 aliphatic rings. The molecule has 0 radical (unpaired) electrons. The number of rotatable bonds is 5. The van der Waals surface area contributed by atoms with Gasteiger partial charge in [0.2, 0.25) is 5.91 Å². The van der Waals surface area contributed by atoms with E-state index in [1.54, 1.807) is 25.1 Å². The third-order valence-corrected chi connectivity index (χ3v) is 2.42. The quantitative estimate of drug-likeness (QED) is 0.650. The molecule has 1 unspecified atom stereocenters. The highest BCUT2D eigenvalue weighted by Gasteiger charge is 2.11. The average Bonchev–Trinajstić information content (AvgIpc) is 2.38. The number of aliphatic hydroxyl groups excluding tert-OH is 1. The molecule has 1 atom stereocenters. The monoisotopic (exact) mass is 281 g/mol. The SMILES string of the molecule is COc1ccc(NC(C)=O)cc1NC(=O)NC(C)CO. The minimum atomic E-state index is -0.468. The van der Waals surface area contributed by atoms with E-state index in [2.05, 4.69) is 16.0 Å². The summed E-state index contributed by atoms with van der Waals surface area (Å²) in [5, 5.41) is 16.6. The molecule has 1 aromatic rings. The summed E-state index contributed by atoms with van der Waals surface area (Å²) in [6, 6.07) is 4.06. The lowest BCUT2D eigenvalue weighted by Gasteiger charge is -2.15. The van der Waals surface area contributed by atoms with E-state index in [0.717, 1.165) is 0 Å². The van der Waals surface area contributed by atoms with Crippen molar-refractivity contribution in [2.75, 3.05) is 24.4 Å². The summed E-state index contributed by atoms with van der Waals surface area (Å²) in [7, 11) is 1.48. The Morgan fingerprint density at radius 2 is 2.05 bits per heavy atom. The summed E-state index contributed by atoms with van der Waals surface area (Å²) in [6.07, 6.45) is 0. The number of amides is 3. The smallest absolute Gasteiger partial charge is 0.319 e. The summed E-state index contributed by atoms with van der Waals surface area (Å²) in [4.78, 5) is 22.7. The molecule has 3 amide bonds. The van der Waals surface area contributed by atoms with Crippen LogP contribution in [0.25, 0.3) is 0 Å². The number of anilines is 2. The number of hydrogen-bond acceptors (Lipinski definition) is 4. The molecular weight excluding hydrogens is 262 g/mol. The molecule has 0 spiro atoms. The number of aliphatic hydroxyl groups is 1. The molecule has 0 saturated heterocycles. The highest BCUT2D eigenvalue weighted by molar-refractivity contribution is 5.94. The Hall–Kier alpha value is -2.28. The van der Waals surface area contributed by atoms with Crippen LogP contribution in [0.4, 0.5) is 16.2 Å². The van der Waals surface area contributed by atoms with Gasteiger partial charge in [-0.2, -0.15) is 0 Å². The normalized spacial score (nSPS) is 11.4. The summed E-state index contributed by atoms with van der Waals surface area (Å²) >= 11 is 0. The van der Waals surface area contributed by atoms with Crippen molar-refractivity contribution in [3.8, 4) is 5.75 Å². The van der Waals surface area contributed by atoms with Crippen molar-refractivity contribution >= 4 is 23.3 Å². The van der Waals surface area contributed by atoms with Gasteiger partial charge in [-0.05, 0) is 25.1 Å². The zero-order valence-electron chi connectivity index (χ0n) is 11.7. The van der Waals surface area contributed by atoms with Crippen LogP contribution in [0.2, 0.25) is 0 Å². The van der Waals surface area contributed by atoms with Gasteiger partial charge in [-0.3, -0.25) is 4.79 Å². The summed E-state index contributed by atoms with van der Waals surface area (Å²) in [5.41, 5.74) is 0.963. The maximum atomic E-state index is 11.7. The zero-order valence-corrected chi connectivity index (χ0v) is 11.7. The molecule has 0 aromatic heterocycles. The molecule has 110 valence electrons. The lowest BCUT2D eigenvalue weighted by molar-refractivity contribution is -0.114. The van der Waals surface area contributed by atoms with Gasteiger partial charge < -0.3 is 25.8 Å². The van der Waals surface area contributed by atoms with Crippen molar-refractivity contribution in [3.63, 3.8) is 0 Å². The fraction of sp³-hybridized carbons (Fsp3) is 0.385. The highest BCUT2D eigenvalue weighted by atomic mass is 16.5. The Morgan fingerprint density at radius 1 is 1.35 bits per heavy atom. The fourth-order valence-corrected chi connectivity index (χ4v) is 1.51. The average molecular weight is 281 g/mol. The molecule has 7 heteroatoms. The second kappa shape index (κ2) is 7.34. The second-order valence-corrected chi connectivity index (χ2v) is 4.28. The molecule has 0 fully saturated rings. The molecular formula is C13H19N3O4. The molecule has 20 heavy (non-hydrogen) atoms. The first-order chi connectivity index (χ1) is 9.46. The van der Waals surface area contributed by atoms with E-state index >= 15 is 0 Å². The maximum Gasteiger partial charge on any atom is 0.319 e. The van der Waals surface area contributed by atoms with Crippen LogP contribution in [0.1, 0.15) is 13.8 Å². The van der Waals surface area contributed by atoms with Gasteiger partial charge >= 0.3 is 6.03 Å². The minimum absolute atomic E-state index is 0.156. The molecule has 0 heterocycles. The summed E-state index contributed by atoms with van der Waals surface area (Å²) in [6.45, 7) is 2.91. The molecule has 1 rings (SSSR count). The third kappa shape index (κ3) is 4.77. The molecule has 4 N–H and O–H groups in total. The van der Waals surface area contributed by atoms with Gasteiger partial charge in [-0.1, -0.05) is 0 Å². The largest absolute Gasteiger partial charge is 0.495 e. The van der Waals surface area contributed by atoms with E-state index in [0.29, 0.717) is 17.1 Å². The van der Waals surface area contributed by atoms with Crippen LogP contribution in [0.3, 0.4) is 0 Å². The van der Waals surface area contributed by atoms with Gasteiger partial charge in [-0.25, -0.2) is 4.79 Å². The minimum Gasteiger partial charge on any atom is -0.495 e. The van der Waals surface area contributed by atoms with E-state index in [-0.39, 0.29) is 18.6 Å². The predicted molar refractivity (Wildman–Crippen MR) is 76.0 cm³/mol. The lowest BCUT2D eigenvalue weighted by atomic mass is 10.2. The van der Waals surface area contributed by atoms with E-state index in [4.69, 9.17) is 9.84 Å². The Bertz CT molecular complexity index is 491. The van der Waals surface area contributed by atoms with Gasteiger partial charge in [0.25, 0.3) is 0 Å². The Morgan fingerprint density at radius 3 is 2.60 bits per heavy atom. The van der Waals surface area contributed by atoms with Crippen molar-refractivity contribution in [1.82, 2.24) is 5.32 Å². The summed E-state index contributed by atoms with van der Waals surface area (Å²) in [5.74, 6) is 0.255. The van der Waals surface area contributed by atoms with Crippen molar-refractivity contribution in [2.24, 2.45) is 0 Å². The number of urea groups is 1. The molecule has 0 aliphatic heterocycles. The number of carbonyl (C=O) groups excluding carboxylic acids is 2.